The van der Waals surface area contributed by atoms with Gasteiger partial charge in [-0.3, -0.25) is 4.98 Å². The highest BCUT2D eigenvalue weighted by molar-refractivity contribution is 5.98. The number of pyridine rings is 1. The molecule has 1 aromatic heterocycles. The van der Waals surface area contributed by atoms with E-state index in [9.17, 15) is 0 Å². The number of rotatable bonds is 5. The number of nitrogen functional groups attached to an aromatic ring is 1. The molecular formula is C15H19N3O. The van der Waals surface area contributed by atoms with Crippen molar-refractivity contribution in [3.63, 3.8) is 0 Å². The van der Waals surface area contributed by atoms with Gasteiger partial charge in [-0.25, -0.2) is 0 Å². The molecule has 1 heterocycles. The topological polar surface area (TPSA) is 51.4 Å². The maximum atomic E-state index is 6.01. The molecule has 1 fully saturated rings. The van der Waals surface area contributed by atoms with Gasteiger partial charge in [0.25, 0.3) is 0 Å². The largest absolute Gasteiger partial charge is 0.397 e. The van der Waals surface area contributed by atoms with Crippen LogP contribution < -0.4 is 10.6 Å². The summed E-state index contributed by atoms with van der Waals surface area (Å²) in [6.07, 6.45) is 4.31. The van der Waals surface area contributed by atoms with Gasteiger partial charge in [-0.05, 0) is 37.1 Å². The van der Waals surface area contributed by atoms with Crippen molar-refractivity contribution >= 4 is 22.3 Å². The van der Waals surface area contributed by atoms with Crippen molar-refractivity contribution in [2.45, 2.75) is 18.9 Å². The lowest BCUT2D eigenvalue weighted by atomic mass is 10.1. The fourth-order valence-electron chi connectivity index (χ4n) is 2.51. The fraction of sp³-hybridized carbons (Fsp3) is 0.400. The van der Waals surface area contributed by atoms with Gasteiger partial charge in [-0.1, -0.05) is 0 Å². The zero-order valence-electron chi connectivity index (χ0n) is 11.2. The Kier molecular flexibility index (Phi) is 3.25. The predicted octanol–water partition coefficient (Wildman–Crippen LogP) is 2.43. The van der Waals surface area contributed by atoms with Crippen LogP contribution in [0.25, 0.3) is 10.9 Å². The number of fused-ring (bicyclic) bond motifs is 1. The molecule has 1 aromatic carbocycles. The van der Waals surface area contributed by atoms with Crippen LogP contribution in [-0.2, 0) is 4.74 Å². The van der Waals surface area contributed by atoms with E-state index in [-0.39, 0.29) is 0 Å². The van der Waals surface area contributed by atoms with Gasteiger partial charge in [0.1, 0.15) is 0 Å². The number of methoxy groups -OCH3 is 1. The average molecular weight is 257 g/mol. The van der Waals surface area contributed by atoms with Crippen LogP contribution in [0.3, 0.4) is 0 Å². The van der Waals surface area contributed by atoms with Crippen molar-refractivity contribution in [3.8, 4) is 0 Å². The van der Waals surface area contributed by atoms with E-state index < -0.39 is 0 Å². The Morgan fingerprint density at radius 1 is 1.37 bits per heavy atom. The van der Waals surface area contributed by atoms with Crippen molar-refractivity contribution < 1.29 is 4.74 Å². The molecule has 2 aromatic rings. The van der Waals surface area contributed by atoms with Gasteiger partial charge in [0.15, 0.2) is 0 Å². The van der Waals surface area contributed by atoms with Crippen LogP contribution in [0.5, 0.6) is 0 Å². The normalized spacial score (nSPS) is 14.8. The van der Waals surface area contributed by atoms with E-state index >= 15 is 0 Å². The third-order valence-corrected chi connectivity index (χ3v) is 3.61. The van der Waals surface area contributed by atoms with Gasteiger partial charge in [-0.2, -0.15) is 0 Å². The number of benzene rings is 1. The third-order valence-electron chi connectivity index (χ3n) is 3.61. The standard InChI is InChI=1S/C15H19N3O/c1-19-10-9-18(11-4-5-11)14-7-6-13(16)15-12(14)3-2-8-17-15/h2-3,6-8,11H,4-5,9-10,16H2,1H3. The molecule has 0 atom stereocenters. The average Bonchev–Trinajstić information content (AvgIpc) is 3.26. The van der Waals surface area contributed by atoms with Gasteiger partial charge in [0.05, 0.1) is 17.8 Å². The molecule has 1 aliphatic rings. The van der Waals surface area contributed by atoms with E-state index in [4.69, 9.17) is 10.5 Å². The zero-order valence-corrected chi connectivity index (χ0v) is 11.2. The first-order valence-corrected chi connectivity index (χ1v) is 6.70. The number of anilines is 2. The van der Waals surface area contributed by atoms with Crippen molar-refractivity contribution in [1.82, 2.24) is 4.98 Å². The highest BCUT2D eigenvalue weighted by Crippen LogP contribution is 2.36. The highest BCUT2D eigenvalue weighted by Gasteiger charge is 2.30. The van der Waals surface area contributed by atoms with Crippen molar-refractivity contribution in [3.05, 3.63) is 30.5 Å². The molecule has 0 unspecified atom stereocenters. The van der Waals surface area contributed by atoms with E-state index in [2.05, 4.69) is 22.0 Å². The summed E-state index contributed by atoms with van der Waals surface area (Å²) in [4.78, 5) is 6.82. The molecule has 0 amide bonds. The second-order valence-electron chi connectivity index (χ2n) is 4.99. The third kappa shape index (κ3) is 2.36. The first-order valence-electron chi connectivity index (χ1n) is 6.70. The van der Waals surface area contributed by atoms with Crippen LogP contribution in [0.2, 0.25) is 0 Å². The van der Waals surface area contributed by atoms with Gasteiger partial charge in [0.2, 0.25) is 0 Å². The Bertz CT molecular complexity index is 581. The zero-order chi connectivity index (χ0) is 13.2. The Labute approximate surface area is 113 Å². The van der Waals surface area contributed by atoms with Gasteiger partial charge < -0.3 is 15.4 Å². The molecule has 0 bridgehead atoms. The molecule has 19 heavy (non-hydrogen) atoms. The van der Waals surface area contributed by atoms with Crippen LogP contribution >= 0.6 is 0 Å². The highest BCUT2D eigenvalue weighted by atomic mass is 16.5. The molecule has 100 valence electrons. The summed E-state index contributed by atoms with van der Waals surface area (Å²) in [6.45, 7) is 1.65. The molecule has 4 nitrogen and oxygen atoms in total. The number of aromatic nitrogens is 1. The Morgan fingerprint density at radius 3 is 2.95 bits per heavy atom. The minimum atomic E-state index is 0.641. The van der Waals surface area contributed by atoms with Crippen LogP contribution in [-0.4, -0.2) is 31.3 Å². The summed E-state index contributed by atoms with van der Waals surface area (Å²) >= 11 is 0. The lowest BCUT2D eigenvalue weighted by Crippen LogP contribution is -2.29. The summed E-state index contributed by atoms with van der Waals surface area (Å²) in [5, 5.41) is 1.13. The van der Waals surface area contributed by atoms with Crippen LogP contribution in [0.4, 0.5) is 11.4 Å². The first-order chi connectivity index (χ1) is 9.31. The molecule has 1 aliphatic carbocycles. The Morgan fingerprint density at radius 2 is 2.21 bits per heavy atom. The van der Waals surface area contributed by atoms with Crippen molar-refractivity contribution in [1.29, 1.82) is 0 Å². The second kappa shape index (κ2) is 5.05. The molecular weight excluding hydrogens is 238 g/mol. The number of hydrogen-bond donors (Lipinski definition) is 1. The van der Waals surface area contributed by atoms with Crippen LogP contribution in [0.15, 0.2) is 30.5 Å². The van der Waals surface area contributed by atoms with E-state index in [0.717, 1.165) is 29.7 Å². The van der Waals surface area contributed by atoms with Crippen molar-refractivity contribution in [2.24, 2.45) is 0 Å². The predicted molar refractivity (Wildman–Crippen MR) is 78.4 cm³/mol. The maximum Gasteiger partial charge on any atom is 0.0951 e. The van der Waals surface area contributed by atoms with E-state index in [0.29, 0.717) is 6.04 Å². The smallest absolute Gasteiger partial charge is 0.0951 e. The molecule has 1 saturated carbocycles. The fourth-order valence-corrected chi connectivity index (χ4v) is 2.51. The second-order valence-corrected chi connectivity index (χ2v) is 4.99. The summed E-state index contributed by atoms with van der Waals surface area (Å²) in [6, 6.07) is 8.76. The van der Waals surface area contributed by atoms with E-state index in [1.807, 2.05) is 12.1 Å². The quantitative estimate of drug-likeness (QED) is 0.836. The number of nitrogens with zero attached hydrogens (tertiary/aromatic N) is 2. The number of ether oxygens (including phenoxy) is 1. The summed E-state index contributed by atoms with van der Waals surface area (Å²) in [5.41, 5.74) is 8.86. The SMILES string of the molecule is COCCN(c1ccc(N)c2ncccc12)C1CC1. The molecule has 0 radical (unpaired) electrons. The van der Waals surface area contributed by atoms with Gasteiger partial charge >= 0.3 is 0 Å². The first kappa shape index (κ1) is 12.2. The lowest BCUT2D eigenvalue weighted by Gasteiger charge is -2.26. The number of nitrogens with two attached hydrogens (primary N) is 1. The van der Waals surface area contributed by atoms with Crippen molar-refractivity contribution in [2.75, 3.05) is 30.9 Å². The minimum Gasteiger partial charge on any atom is -0.397 e. The molecule has 3 rings (SSSR count). The summed E-state index contributed by atoms with van der Waals surface area (Å²) in [5.74, 6) is 0. The maximum absolute atomic E-state index is 6.01. The molecule has 0 saturated heterocycles. The van der Waals surface area contributed by atoms with Gasteiger partial charge in [-0.15, -0.1) is 0 Å². The summed E-state index contributed by atoms with van der Waals surface area (Å²) in [7, 11) is 1.74. The Balaban J connectivity index is 2.05. The minimum absolute atomic E-state index is 0.641. The van der Waals surface area contributed by atoms with Gasteiger partial charge in [0, 0.05) is 37.0 Å². The lowest BCUT2D eigenvalue weighted by molar-refractivity contribution is 0.205. The molecule has 0 aliphatic heterocycles. The van der Waals surface area contributed by atoms with Crippen LogP contribution in [0.1, 0.15) is 12.8 Å². The summed E-state index contributed by atoms with van der Waals surface area (Å²) < 4.78 is 5.23. The number of hydrogen-bond acceptors (Lipinski definition) is 4. The van der Waals surface area contributed by atoms with E-state index in [1.54, 1.807) is 13.3 Å². The Hall–Kier alpha value is -1.81. The molecule has 4 heteroatoms. The van der Waals surface area contributed by atoms with Crippen LogP contribution in [0, 0.1) is 0 Å². The monoisotopic (exact) mass is 257 g/mol. The molecule has 2 N–H and O–H groups in total. The van der Waals surface area contributed by atoms with E-state index in [1.165, 1.54) is 18.5 Å². The molecule has 0 spiro atoms.